The summed E-state index contributed by atoms with van der Waals surface area (Å²) in [5.41, 5.74) is 0. The molecular weight excluding hydrogens is 385 g/mol. The molecule has 0 bridgehead atoms. The topological polar surface area (TPSA) is 79.0 Å². The van der Waals surface area contributed by atoms with Crippen LogP contribution >= 0.6 is 0 Å². The highest BCUT2D eigenvalue weighted by Gasteiger charge is 2.30. The van der Waals surface area contributed by atoms with Gasteiger partial charge in [0.25, 0.3) is 0 Å². The van der Waals surface area contributed by atoms with Gasteiger partial charge in [0.1, 0.15) is 18.2 Å². The van der Waals surface area contributed by atoms with Crippen LogP contribution in [-0.4, -0.2) is 63.0 Å². The molecule has 1 saturated heterocycles. The van der Waals surface area contributed by atoms with Gasteiger partial charge in [-0.15, -0.1) is 0 Å². The lowest BCUT2D eigenvalue weighted by atomic mass is 10.3. The van der Waals surface area contributed by atoms with Gasteiger partial charge in [0.05, 0.1) is 11.4 Å². The number of benzene rings is 2. The predicted octanol–water partition coefficient (Wildman–Crippen LogP) is 1.92. The number of carbonyl (C=O) groups is 1. The molecule has 150 valence electrons. The average molecular weight is 407 g/mol. The molecule has 9 heteroatoms. The molecule has 0 aliphatic carbocycles. The van der Waals surface area contributed by atoms with Crippen molar-refractivity contribution in [2.24, 2.45) is 0 Å². The van der Waals surface area contributed by atoms with Gasteiger partial charge in [0.15, 0.2) is 0 Å². The van der Waals surface area contributed by atoms with Crippen LogP contribution in [0.3, 0.4) is 0 Å². The summed E-state index contributed by atoms with van der Waals surface area (Å²) < 4.78 is 45.0. The van der Waals surface area contributed by atoms with E-state index in [4.69, 9.17) is 4.74 Å². The van der Waals surface area contributed by atoms with Gasteiger partial charge >= 0.3 is 6.03 Å². The number of hydrogen-bond donors (Lipinski definition) is 1. The molecule has 3 rings (SSSR count). The maximum atomic E-state index is 13.0. The van der Waals surface area contributed by atoms with E-state index >= 15 is 0 Å². The fraction of sp³-hybridized carbons (Fsp3) is 0.316. The van der Waals surface area contributed by atoms with E-state index in [1.807, 2.05) is 30.3 Å². The highest BCUT2D eigenvalue weighted by molar-refractivity contribution is 7.89. The molecule has 1 aliphatic rings. The van der Waals surface area contributed by atoms with Crippen LogP contribution in [0, 0.1) is 5.82 Å². The molecule has 1 N–H and O–H groups in total. The predicted molar refractivity (Wildman–Crippen MR) is 102 cm³/mol. The summed E-state index contributed by atoms with van der Waals surface area (Å²) in [5, 5.41) is 2.77. The zero-order valence-electron chi connectivity index (χ0n) is 15.3. The number of carbonyl (C=O) groups excluding carboxylic acids is 1. The first kappa shape index (κ1) is 20.1. The lowest BCUT2D eigenvalue weighted by molar-refractivity contribution is 0.170. The lowest BCUT2D eigenvalue weighted by Gasteiger charge is -2.34. The summed E-state index contributed by atoms with van der Waals surface area (Å²) in [4.78, 5) is 13.8. The van der Waals surface area contributed by atoms with Crippen molar-refractivity contribution in [3.05, 3.63) is 60.4 Å². The van der Waals surface area contributed by atoms with Crippen molar-refractivity contribution in [2.45, 2.75) is 4.90 Å². The smallest absolute Gasteiger partial charge is 0.317 e. The van der Waals surface area contributed by atoms with Gasteiger partial charge in [0, 0.05) is 26.2 Å². The van der Waals surface area contributed by atoms with Crippen molar-refractivity contribution < 1.29 is 22.3 Å². The van der Waals surface area contributed by atoms with Crippen molar-refractivity contribution in [3.63, 3.8) is 0 Å². The Morgan fingerprint density at radius 2 is 1.64 bits per heavy atom. The summed E-state index contributed by atoms with van der Waals surface area (Å²) in [6.45, 7) is 1.63. The van der Waals surface area contributed by atoms with Gasteiger partial charge in [-0.2, -0.15) is 4.31 Å². The molecule has 28 heavy (non-hydrogen) atoms. The number of halogens is 1. The van der Waals surface area contributed by atoms with E-state index in [9.17, 15) is 17.6 Å². The molecule has 7 nitrogen and oxygen atoms in total. The third-order valence-electron chi connectivity index (χ3n) is 4.37. The minimum absolute atomic E-state index is 0.0462. The van der Waals surface area contributed by atoms with E-state index in [1.165, 1.54) is 16.4 Å². The Labute approximate surface area is 163 Å². The first-order valence-corrected chi connectivity index (χ1v) is 10.4. The third kappa shape index (κ3) is 4.99. The Hall–Kier alpha value is -2.65. The minimum atomic E-state index is -3.69. The van der Waals surface area contributed by atoms with Gasteiger partial charge in [-0.1, -0.05) is 18.2 Å². The summed E-state index contributed by atoms with van der Waals surface area (Å²) in [7, 11) is -3.69. The maximum absolute atomic E-state index is 13.0. The summed E-state index contributed by atoms with van der Waals surface area (Å²) in [6.07, 6.45) is 0. The number of amides is 2. The summed E-state index contributed by atoms with van der Waals surface area (Å²) in [6, 6.07) is 13.8. The van der Waals surface area contributed by atoms with Gasteiger partial charge in [0.2, 0.25) is 10.0 Å². The number of piperazine rings is 1. The van der Waals surface area contributed by atoms with Crippen LogP contribution in [0.1, 0.15) is 0 Å². The van der Waals surface area contributed by atoms with E-state index in [1.54, 1.807) is 4.90 Å². The molecule has 0 saturated carbocycles. The van der Waals surface area contributed by atoms with Crippen LogP contribution in [0.2, 0.25) is 0 Å². The number of ether oxygens (including phenoxy) is 1. The van der Waals surface area contributed by atoms with E-state index in [-0.39, 0.29) is 37.1 Å². The fourth-order valence-electron chi connectivity index (χ4n) is 2.84. The zero-order valence-corrected chi connectivity index (χ0v) is 16.1. The van der Waals surface area contributed by atoms with E-state index in [2.05, 4.69) is 5.32 Å². The molecule has 0 atom stereocenters. The van der Waals surface area contributed by atoms with Crippen LogP contribution in [0.5, 0.6) is 5.75 Å². The molecule has 2 amide bonds. The first-order chi connectivity index (χ1) is 13.5. The van der Waals surface area contributed by atoms with Crippen molar-refractivity contribution in [3.8, 4) is 5.75 Å². The van der Waals surface area contributed by atoms with Crippen molar-refractivity contribution in [1.82, 2.24) is 14.5 Å². The molecule has 2 aromatic rings. The van der Waals surface area contributed by atoms with Crippen molar-refractivity contribution in [1.29, 1.82) is 0 Å². The summed E-state index contributed by atoms with van der Waals surface area (Å²) >= 11 is 0. The first-order valence-electron chi connectivity index (χ1n) is 8.93. The van der Waals surface area contributed by atoms with Crippen LogP contribution in [0.15, 0.2) is 59.5 Å². The van der Waals surface area contributed by atoms with Crippen molar-refractivity contribution in [2.75, 3.05) is 39.3 Å². The second kappa shape index (κ2) is 9.03. The Balaban J connectivity index is 1.44. The number of para-hydroxylation sites is 1. The van der Waals surface area contributed by atoms with E-state index in [0.29, 0.717) is 13.2 Å². The molecule has 0 spiro atoms. The molecule has 2 aromatic carbocycles. The van der Waals surface area contributed by atoms with Gasteiger partial charge in [-0.25, -0.2) is 17.6 Å². The normalized spacial score (nSPS) is 15.2. The fourth-order valence-corrected chi connectivity index (χ4v) is 4.26. The second-order valence-electron chi connectivity index (χ2n) is 6.24. The zero-order chi connectivity index (χ0) is 20.0. The standard InChI is InChI=1S/C19H22FN3O4S/c20-16-6-8-18(9-7-16)28(25,26)23-13-11-22(12-14-23)19(24)21-10-15-27-17-4-2-1-3-5-17/h1-9H,10-15H2,(H,21,24). The Bertz CT molecular complexity index is 883. The number of urea groups is 1. The Kier molecular flexibility index (Phi) is 6.48. The lowest BCUT2D eigenvalue weighted by Crippen LogP contribution is -2.53. The van der Waals surface area contributed by atoms with E-state index < -0.39 is 15.8 Å². The molecular formula is C19H22FN3O4S. The molecule has 0 unspecified atom stereocenters. The number of sulfonamides is 1. The van der Waals surface area contributed by atoms with Crippen LogP contribution in [0.25, 0.3) is 0 Å². The highest BCUT2D eigenvalue weighted by atomic mass is 32.2. The molecule has 0 aromatic heterocycles. The Morgan fingerprint density at radius 3 is 2.29 bits per heavy atom. The quantitative estimate of drug-likeness (QED) is 0.742. The highest BCUT2D eigenvalue weighted by Crippen LogP contribution is 2.18. The van der Waals surface area contributed by atoms with Crippen LogP contribution < -0.4 is 10.1 Å². The van der Waals surface area contributed by atoms with Crippen molar-refractivity contribution >= 4 is 16.1 Å². The average Bonchev–Trinajstić information content (AvgIpc) is 2.72. The molecule has 1 fully saturated rings. The number of nitrogens with zero attached hydrogens (tertiary/aromatic N) is 2. The monoisotopic (exact) mass is 407 g/mol. The van der Waals surface area contributed by atoms with E-state index in [0.717, 1.165) is 17.9 Å². The van der Waals surface area contributed by atoms with Crippen LogP contribution in [-0.2, 0) is 10.0 Å². The third-order valence-corrected chi connectivity index (χ3v) is 6.28. The molecule has 0 radical (unpaired) electrons. The SMILES string of the molecule is O=C(NCCOc1ccccc1)N1CCN(S(=O)(=O)c2ccc(F)cc2)CC1. The number of rotatable bonds is 6. The number of hydrogen-bond acceptors (Lipinski definition) is 4. The van der Waals surface area contributed by atoms with Gasteiger partial charge in [-0.05, 0) is 36.4 Å². The van der Waals surface area contributed by atoms with Crippen LogP contribution in [0.4, 0.5) is 9.18 Å². The van der Waals surface area contributed by atoms with Gasteiger partial charge in [-0.3, -0.25) is 0 Å². The molecule has 1 aliphatic heterocycles. The molecule has 1 heterocycles. The Morgan fingerprint density at radius 1 is 1.00 bits per heavy atom. The largest absolute Gasteiger partial charge is 0.492 e. The minimum Gasteiger partial charge on any atom is -0.492 e. The second-order valence-corrected chi connectivity index (χ2v) is 8.18. The number of nitrogens with one attached hydrogen (secondary N) is 1. The summed E-state index contributed by atoms with van der Waals surface area (Å²) in [5.74, 6) is 0.244. The van der Waals surface area contributed by atoms with Gasteiger partial charge < -0.3 is 15.0 Å². The maximum Gasteiger partial charge on any atom is 0.317 e.